The van der Waals surface area contributed by atoms with Crippen LogP contribution in [0.1, 0.15) is 58.6 Å². The molecule has 1 fully saturated rings. The number of nitrogens with zero attached hydrogens (tertiary/aromatic N) is 1. The third-order valence-electron chi connectivity index (χ3n) is 4.92. The molecule has 1 heterocycles. The van der Waals surface area contributed by atoms with Gasteiger partial charge < -0.3 is 5.32 Å². The van der Waals surface area contributed by atoms with Crippen molar-refractivity contribution in [1.82, 2.24) is 10.2 Å². The molecule has 0 amide bonds. The van der Waals surface area contributed by atoms with Gasteiger partial charge in [-0.1, -0.05) is 58.0 Å². The number of nitrogens with one attached hydrogen (secondary N) is 1. The predicted octanol–water partition coefficient (Wildman–Crippen LogP) is 4.24. The zero-order valence-corrected chi connectivity index (χ0v) is 14.2. The molecule has 1 aliphatic heterocycles. The van der Waals surface area contributed by atoms with E-state index in [-0.39, 0.29) is 0 Å². The Morgan fingerprint density at radius 1 is 1.19 bits per heavy atom. The van der Waals surface area contributed by atoms with Crippen molar-refractivity contribution in [2.75, 3.05) is 13.1 Å². The Balaban J connectivity index is 2.23. The highest BCUT2D eigenvalue weighted by atomic mass is 15.2. The Morgan fingerprint density at radius 2 is 1.90 bits per heavy atom. The van der Waals surface area contributed by atoms with E-state index in [0.717, 1.165) is 18.5 Å². The van der Waals surface area contributed by atoms with Gasteiger partial charge in [0.05, 0.1) is 0 Å². The summed E-state index contributed by atoms with van der Waals surface area (Å²) in [7, 11) is 0. The van der Waals surface area contributed by atoms with Crippen LogP contribution in [-0.4, -0.2) is 30.1 Å². The number of likely N-dealkylation sites (tertiary alicyclic amines) is 1. The van der Waals surface area contributed by atoms with Gasteiger partial charge in [0, 0.05) is 18.1 Å². The van der Waals surface area contributed by atoms with E-state index in [4.69, 9.17) is 0 Å². The van der Waals surface area contributed by atoms with Gasteiger partial charge in [0.15, 0.2) is 0 Å². The summed E-state index contributed by atoms with van der Waals surface area (Å²) in [5, 5.41) is 3.74. The van der Waals surface area contributed by atoms with Gasteiger partial charge in [0.2, 0.25) is 0 Å². The first-order chi connectivity index (χ1) is 10.2. The third-order valence-corrected chi connectivity index (χ3v) is 4.92. The second kappa shape index (κ2) is 7.95. The standard InChI is InChI=1S/C19H32N2/c1-5-17(21-14-10-13-18(21)15(3)4)19(20-6-2)16-11-8-7-9-12-16/h7-9,11-12,15,17-20H,5-6,10,13-14H2,1-4H3. The molecule has 1 aromatic rings. The molecule has 0 spiro atoms. The van der Waals surface area contributed by atoms with Crippen molar-refractivity contribution in [3.05, 3.63) is 35.9 Å². The van der Waals surface area contributed by atoms with Gasteiger partial charge in [-0.3, -0.25) is 4.90 Å². The average Bonchev–Trinajstić information content (AvgIpc) is 2.97. The van der Waals surface area contributed by atoms with E-state index in [1.54, 1.807) is 0 Å². The molecule has 1 aromatic carbocycles. The number of hydrogen-bond donors (Lipinski definition) is 1. The van der Waals surface area contributed by atoms with E-state index in [1.165, 1.54) is 31.4 Å². The molecular weight excluding hydrogens is 256 g/mol. The first kappa shape index (κ1) is 16.5. The van der Waals surface area contributed by atoms with Crippen molar-refractivity contribution in [2.45, 2.75) is 65.1 Å². The molecule has 1 N–H and O–H groups in total. The highest BCUT2D eigenvalue weighted by molar-refractivity contribution is 5.21. The number of benzene rings is 1. The fraction of sp³-hybridized carbons (Fsp3) is 0.684. The summed E-state index contributed by atoms with van der Waals surface area (Å²) < 4.78 is 0. The summed E-state index contributed by atoms with van der Waals surface area (Å²) in [5.41, 5.74) is 1.43. The van der Waals surface area contributed by atoms with Crippen LogP contribution in [-0.2, 0) is 0 Å². The van der Waals surface area contributed by atoms with E-state index in [0.29, 0.717) is 12.1 Å². The summed E-state index contributed by atoms with van der Waals surface area (Å²) in [6.45, 7) is 11.6. The molecule has 21 heavy (non-hydrogen) atoms. The molecule has 3 unspecified atom stereocenters. The molecular formula is C19H32N2. The summed E-state index contributed by atoms with van der Waals surface area (Å²) in [4.78, 5) is 2.78. The first-order valence-electron chi connectivity index (χ1n) is 8.73. The Hall–Kier alpha value is -0.860. The van der Waals surface area contributed by atoms with Crippen LogP contribution in [0.2, 0.25) is 0 Å². The maximum atomic E-state index is 3.74. The Bertz CT molecular complexity index is 401. The van der Waals surface area contributed by atoms with Gasteiger partial charge in [0.1, 0.15) is 0 Å². The fourth-order valence-electron chi connectivity index (χ4n) is 3.96. The van der Waals surface area contributed by atoms with E-state index >= 15 is 0 Å². The summed E-state index contributed by atoms with van der Waals surface area (Å²) in [5.74, 6) is 0.750. The molecule has 0 bridgehead atoms. The number of rotatable bonds is 7. The van der Waals surface area contributed by atoms with Crippen molar-refractivity contribution in [2.24, 2.45) is 5.92 Å². The molecule has 0 aromatic heterocycles. The second-order valence-corrected chi connectivity index (χ2v) is 6.61. The van der Waals surface area contributed by atoms with Crippen LogP contribution < -0.4 is 5.32 Å². The van der Waals surface area contributed by atoms with Crippen LogP contribution in [0.25, 0.3) is 0 Å². The molecule has 2 nitrogen and oxygen atoms in total. The highest BCUT2D eigenvalue weighted by Crippen LogP contribution is 2.32. The summed E-state index contributed by atoms with van der Waals surface area (Å²) >= 11 is 0. The maximum absolute atomic E-state index is 3.74. The zero-order valence-electron chi connectivity index (χ0n) is 14.2. The maximum Gasteiger partial charge on any atom is 0.0478 e. The van der Waals surface area contributed by atoms with Crippen molar-refractivity contribution in [3.8, 4) is 0 Å². The molecule has 118 valence electrons. The van der Waals surface area contributed by atoms with Crippen molar-refractivity contribution >= 4 is 0 Å². The quantitative estimate of drug-likeness (QED) is 0.807. The lowest BCUT2D eigenvalue weighted by atomic mass is 9.93. The van der Waals surface area contributed by atoms with Crippen molar-refractivity contribution in [3.63, 3.8) is 0 Å². The van der Waals surface area contributed by atoms with Gasteiger partial charge in [-0.25, -0.2) is 0 Å². The molecule has 1 aliphatic rings. The summed E-state index contributed by atoms with van der Waals surface area (Å²) in [6, 6.07) is 12.8. The normalized spacial score (nSPS) is 22.6. The Kier molecular flexibility index (Phi) is 6.25. The first-order valence-corrected chi connectivity index (χ1v) is 8.73. The lowest BCUT2D eigenvalue weighted by Crippen LogP contribution is -2.48. The van der Waals surface area contributed by atoms with Crippen LogP contribution >= 0.6 is 0 Å². The van der Waals surface area contributed by atoms with Crippen LogP contribution in [0.3, 0.4) is 0 Å². The second-order valence-electron chi connectivity index (χ2n) is 6.61. The molecule has 0 saturated carbocycles. The van der Waals surface area contributed by atoms with E-state index in [2.05, 4.69) is 68.2 Å². The van der Waals surface area contributed by atoms with E-state index in [9.17, 15) is 0 Å². The Labute approximate surface area is 130 Å². The topological polar surface area (TPSA) is 15.3 Å². The molecule has 1 saturated heterocycles. The SMILES string of the molecule is CCNC(c1ccccc1)C(CC)N1CCCC1C(C)C. The summed E-state index contributed by atoms with van der Waals surface area (Å²) in [6.07, 6.45) is 3.92. The van der Waals surface area contributed by atoms with Crippen molar-refractivity contribution < 1.29 is 0 Å². The zero-order chi connectivity index (χ0) is 15.2. The lowest BCUT2D eigenvalue weighted by Gasteiger charge is -2.40. The monoisotopic (exact) mass is 288 g/mol. The molecule has 0 radical (unpaired) electrons. The van der Waals surface area contributed by atoms with E-state index < -0.39 is 0 Å². The van der Waals surface area contributed by atoms with Crippen LogP contribution in [0, 0.1) is 5.92 Å². The molecule has 3 atom stereocenters. The number of hydrogen-bond acceptors (Lipinski definition) is 2. The van der Waals surface area contributed by atoms with E-state index in [1.807, 2.05) is 0 Å². The lowest BCUT2D eigenvalue weighted by molar-refractivity contribution is 0.112. The van der Waals surface area contributed by atoms with Gasteiger partial charge in [-0.05, 0) is 43.8 Å². The van der Waals surface area contributed by atoms with Crippen LogP contribution in [0.5, 0.6) is 0 Å². The predicted molar refractivity (Wildman–Crippen MR) is 91.5 cm³/mol. The highest BCUT2D eigenvalue weighted by Gasteiger charge is 2.35. The molecule has 2 rings (SSSR count). The minimum absolute atomic E-state index is 0.445. The van der Waals surface area contributed by atoms with Gasteiger partial charge in [0.25, 0.3) is 0 Å². The minimum Gasteiger partial charge on any atom is -0.309 e. The van der Waals surface area contributed by atoms with Gasteiger partial charge in [-0.2, -0.15) is 0 Å². The molecule has 2 heteroatoms. The van der Waals surface area contributed by atoms with Gasteiger partial charge >= 0.3 is 0 Å². The van der Waals surface area contributed by atoms with Crippen molar-refractivity contribution in [1.29, 1.82) is 0 Å². The van der Waals surface area contributed by atoms with Crippen LogP contribution in [0.4, 0.5) is 0 Å². The van der Waals surface area contributed by atoms with Gasteiger partial charge in [-0.15, -0.1) is 0 Å². The minimum atomic E-state index is 0.445. The molecule has 0 aliphatic carbocycles. The largest absolute Gasteiger partial charge is 0.309 e. The third kappa shape index (κ3) is 3.87. The number of likely N-dealkylation sites (N-methyl/N-ethyl adjacent to an activating group) is 1. The van der Waals surface area contributed by atoms with Crippen LogP contribution in [0.15, 0.2) is 30.3 Å². The Morgan fingerprint density at radius 3 is 2.48 bits per heavy atom. The smallest absolute Gasteiger partial charge is 0.0478 e. The average molecular weight is 288 g/mol. The fourth-order valence-corrected chi connectivity index (χ4v) is 3.96.